The Morgan fingerprint density at radius 1 is 1.35 bits per heavy atom. The van der Waals surface area contributed by atoms with Crippen molar-refractivity contribution >= 4 is 10.0 Å². The van der Waals surface area contributed by atoms with Gasteiger partial charge in [0.1, 0.15) is 0 Å². The maximum atomic E-state index is 12.3. The van der Waals surface area contributed by atoms with Crippen LogP contribution in [-0.4, -0.2) is 41.8 Å². The Morgan fingerprint density at radius 3 is 2.71 bits per heavy atom. The van der Waals surface area contributed by atoms with Crippen LogP contribution in [-0.2, 0) is 10.0 Å². The van der Waals surface area contributed by atoms with Crippen LogP contribution in [0.4, 0.5) is 0 Å². The molecule has 94 valence electrons. The van der Waals surface area contributed by atoms with Crippen LogP contribution in [0.3, 0.4) is 0 Å². The summed E-state index contributed by atoms with van der Waals surface area (Å²) < 4.78 is 26.0. The maximum Gasteiger partial charge on any atom is 0.279 e. The Morgan fingerprint density at radius 2 is 2.06 bits per heavy atom. The number of nitrogens with zero attached hydrogens (tertiary/aromatic N) is 3. The fourth-order valence-corrected chi connectivity index (χ4v) is 3.60. The molecule has 1 aromatic heterocycles. The molecule has 1 aromatic rings. The number of aromatic nitrogens is 2. The van der Waals surface area contributed by atoms with Gasteiger partial charge in [0.15, 0.2) is 0 Å². The highest BCUT2D eigenvalue weighted by Crippen LogP contribution is 2.22. The summed E-state index contributed by atoms with van der Waals surface area (Å²) in [4.78, 5) is 7.63. The molecule has 0 amide bonds. The third-order valence-electron chi connectivity index (χ3n) is 2.93. The van der Waals surface area contributed by atoms with Crippen molar-refractivity contribution in [3.05, 3.63) is 18.5 Å². The molecule has 2 N–H and O–H groups in total. The van der Waals surface area contributed by atoms with E-state index in [0.29, 0.717) is 13.1 Å². The van der Waals surface area contributed by atoms with E-state index in [1.807, 2.05) is 0 Å². The van der Waals surface area contributed by atoms with Crippen molar-refractivity contribution in [2.45, 2.75) is 30.5 Å². The number of rotatable bonds is 3. The van der Waals surface area contributed by atoms with Crippen LogP contribution in [0, 0.1) is 0 Å². The van der Waals surface area contributed by atoms with Crippen molar-refractivity contribution in [1.29, 1.82) is 0 Å². The second-order valence-corrected chi connectivity index (χ2v) is 5.82. The molecule has 0 unspecified atom stereocenters. The van der Waals surface area contributed by atoms with Crippen molar-refractivity contribution in [3.63, 3.8) is 0 Å². The lowest BCUT2D eigenvalue weighted by molar-refractivity contribution is 0.256. The summed E-state index contributed by atoms with van der Waals surface area (Å²) in [5, 5.41) is -0.139. The minimum atomic E-state index is -3.59. The average Bonchev–Trinajstić information content (AvgIpc) is 2.39. The zero-order valence-corrected chi connectivity index (χ0v) is 10.3. The van der Waals surface area contributed by atoms with Gasteiger partial charge in [-0.15, -0.1) is 0 Å². The third-order valence-corrected chi connectivity index (χ3v) is 4.70. The van der Waals surface area contributed by atoms with Crippen molar-refractivity contribution in [3.8, 4) is 0 Å². The second kappa shape index (κ2) is 5.07. The van der Waals surface area contributed by atoms with E-state index in [4.69, 9.17) is 5.73 Å². The van der Waals surface area contributed by atoms with Crippen LogP contribution in [0.1, 0.15) is 19.3 Å². The van der Waals surface area contributed by atoms with Gasteiger partial charge in [-0.25, -0.2) is 18.4 Å². The number of hydrogen-bond donors (Lipinski definition) is 1. The molecule has 2 heterocycles. The molecule has 0 saturated carbocycles. The minimum absolute atomic E-state index is 0.127. The van der Waals surface area contributed by atoms with Crippen LogP contribution >= 0.6 is 0 Å². The Bertz CT molecular complexity index is 462. The molecule has 0 spiro atoms. The lowest BCUT2D eigenvalue weighted by atomic mass is 10.1. The summed E-state index contributed by atoms with van der Waals surface area (Å²) in [5.41, 5.74) is 5.62. The van der Waals surface area contributed by atoms with E-state index in [-0.39, 0.29) is 11.2 Å². The van der Waals surface area contributed by atoms with Crippen LogP contribution in [0.15, 0.2) is 23.6 Å². The highest BCUT2D eigenvalue weighted by Gasteiger charge is 2.34. The van der Waals surface area contributed by atoms with Crippen LogP contribution in [0.25, 0.3) is 0 Å². The van der Waals surface area contributed by atoms with Crippen LogP contribution < -0.4 is 5.73 Å². The minimum Gasteiger partial charge on any atom is -0.329 e. The quantitative estimate of drug-likeness (QED) is 0.768. The fraction of sp³-hybridized carbons (Fsp3) is 0.600. The Labute approximate surface area is 101 Å². The predicted molar refractivity (Wildman–Crippen MR) is 62.6 cm³/mol. The van der Waals surface area contributed by atoms with Crippen molar-refractivity contribution in [2.24, 2.45) is 5.73 Å². The van der Waals surface area contributed by atoms with Crippen LogP contribution in [0.5, 0.6) is 0 Å². The topological polar surface area (TPSA) is 89.2 Å². The summed E-state index contributed by atoms with van der Waals surface area (Å²) in [5.74, 6) is 0. The lowest BCUT2D eigenvalue weighted by Crippen LogP contribution is -2.47. The summed E-state index contributed by atoms with van der Waals surface area (Å²) in [6, 6.07) is 1.47. The van der Waals surface area contributed by atoms with Gasteiger partial charge in [0.05, 0.1) is 0 Å². The first-order valence-electron chi connectivity index (χ1n) is 5.65. The van der Waals surface area contributed by atoms with Gasteiger partial charge in [-0.3, -0.25) is 0 Å². The largest absolute Gasteiger partial charge is 0.329 e. The molecule has 2 rings (SSSR count). The first-order chi connectivity index (χ1) is 8.16. The van der Waals surface area contributed by atoms with Gasteiger partial charge in [-0.2, -0.15) is 4.31 Å². The number of hydrogen-bond acceptors (Lipinski definition) is 5. The number of sulfonamides is 1. The zero-order valence-electron chi connectivity index (χ0n) is 9.49. The van der Waals surface area contributed by atoms with Crippen molar-refractivity contribution in [1.82, 2.24) is 14.3 Å². The monoisotopic (exact) mass is 256 g/mol. The lowest BCUT2D eigenvalue weighted by Gasteiger charge is -2.33. The van der Waals surface area contributed by atoms with Gasteiger partial charge in [0.2, 0.25) is 0 Å². The van der Waals surface area contributed by atoms with Gasteiger partial charge in [0, 0.05) is 31.5 Å². The SMILES string of the molecule is NC[C@@H]1CCCCN1S(=O)(=O)c1ncccn1. The molecule has 0 aliphatic carbocycles. The average molecular weight is 256 g/mol. The van der Waals surface area contributed by atoms with E-state index in [2.05, 4.69) is 9.97 Å². The smallest absolute Gasteiger partial charge is 0.279 e. The fourth-order valence-electron chi connectivity index (χ4n) is 2.05. The number of piperidine rings is 1. The third kappa shape index (κ3) is 2.46. The van der Waals surface area contributed by atoms with E-state index in [9.17, 15) is 8.42 Å². The molecule has 0 radical (unpaired) electrons. The Balaban J connectivity index is 2.31. The molecular weight excluding hydrogens is 240 g/mol. The second-order valence-electron chi connectivity index (χ2n) is 4.03. The molecule has 1 aliphatic heterocycles. The maximum absolute atomic E-state index is 12.3. The molecule has 6 nitrogen and oxygen atoms in total. The van der Waals surface area contributed by atoms with E-state index in [1.54, 1.807) is 6.07 Å². The van der Waals surface area contributed by atoms with E-state index < -0.39 is 10.0 Å². The van der Waals surface area contributed by atoms with E-state index >= 15 is 0 Å². The zero-order chi connectivity index (χ0) is 12.3. The molecule has 1 atom stereocenters. The molecule has 1 saturated heterocycles. The van der Waals surface area contributed by atoms with Gasteiger partial charge >= 0.3 is 0 Å². The highest BCUT2D eigenvalue weighted by molar-refractivity contribution is 7.89. The molecule has 0 aromatic carbocycles. The number of nitrogens with two attached hydrogens (primary N) is 1. The van der Waals surface area contributed by atoms with Gasteiger partial charge in [-0.05, 0) is 18.9 Å². The summed E-state index contributed by atoms with van der Waals surface area (Å²) in [7, 11) is -3.59. The Kier molecular flexibility index (Phi) is 3.70. The molecular formula is C10H16N4O2S. The predicted octanol–water partition coefficient (Wildman–Crippen LogP) is -0.0215. The first-order valence-corrected chi connectivity index (χ1v) is 7.09. The van der Waals surface area contributed by atoms with Crippen molar-refractivity contribution < 1.29 is 8.42 Å². The normalized spacial score (nSPS) is 22.5. The van der Waals surface area contributed by atoms with E-state index in [1.165, 1.54) is 16.7 Å². The highest BCUT2D eigenvalue weighted by atomic mass is 32.2. The molecule has 0 bridgehead atoms. The first kappa shape index (κ1) is 12.4. The summed E-state index contributed by atoms with van der Waals surface area (Å²) in [6.45, 7) is 0.842. The Hall–Kier alpha value is -1.05. The van der Waals surface area contributed by atoms with E-state index in [0.717, 1.165) is 19.3 Å². The van der Waals surface area contributed by atoms with Gasteiger partial charge < -0.3 is 5.73 Å². The van der Waals surface area contributed by atoms with Crippen molar-refractivity contribution in [2.75, 3.05) is 13.1 Å². The molecule has 1 aliphatic rings. The van der Waals surface area contributed by atoms with Gasteiger partial charge in [-0.1, -0.05) is 6.42 Å². The molecule has 1 fully saturated rings. The standard InChI is InChI=1S/C10H16N4O2S/c11-8-9-4-1-2-7-14(9)17(15,16)10-12-5-3-6-13-10/h3,5-6,9H,1-2,4,7-8,11H2/t9-/m0/s1. The summed E-state index contributed by atoms with van der Waals surface area (Å²) >= 11 is 0. The van der Waals surface area contributed by atoms with Gasteiger partial charge in [0.25, 0.3) is 15.2 Å². The van der Waals surface area contributed by atoms with Crippen LogP contribution in [0.2, 0.25) is 0 Å². The molecule has 17 heavy (non-hydrogen) atoms. The molecule has 7 heteroatoms. The summed E-state index contributed by atoms with van der Waals surface area (Å²) in [6.07, 6.45) is 5.55.